The summed E-state index contributed by atoms with van der Waals surface area (Å²) in [4.78, 5) is 9.27. The third-order valence-electron chi connectivity index (χ3n) is 4.28. The minimum atomic E-state index is 0. The van der Waals surface area contributed by atoms with Crippen molar-refractivity contribution in [3.63, 3.8) is 0 Å². The summed E-state index contributed by atoms with van der Waals surface area (Å²) in [5, 5.41) is 0. The molecule has 2 aromatic carbocycles. The van der Waals surface area contributed by atoms with Gasteiger partial charge in [-0.15, -0.1) is 12.4 Å². The third kappa shape index (κ3) is 3.53. The second-order valence-electron chi connectivity index (χ2n) is 5.91. The lowest BCUT2D eigenvalue weighted by Crippen LogP contribution is -1.99. The molecule has 130 valence electrons. The molecule has 0 aliphatic rings. The van der Waals surface area contributed by atoms with Crippen LogP contribution in [0.5, 0.6) is 0 Å². The van der Waals surface area contributed by atoms with Gasteiger partial charge in [-0.3, -0.25) is 4.57 Å². The predicted octanol–water partition coefficient (Wildman–Crippen LogP) is 5.58. The van der Waals surface area contributed by atoms with E-state index in [1.165, 1.54) is 5.56 Å². The van der Waals surface area contributed by atoms with Gasteiger partial charge in [0.1, 0.15) is 11.6 Å². The van der Waals surface area contributed by atoms with E-state index in [4.69, 9.17) is 4.98 Å². The Kier molecular flexibility index (Phi) is 5.49. The zero-order valence-corrected chi connectivity index (χ0v) is 15.4. The normalized spacial score (nSPS) is 11.0. The predicted molar refractivity (Wildman–Crippen MR) is 111 cm³/mol. The zero-order chi connectivity index (χ0) is 17.1. The molecule has 26 heavy (non-hydrogen) atoms. The number of para-hydroxylation sites is 2. The number of hydrogen-bond acceptors (Lipinski definition) is 2. The molecule has 0 atom stereocenters. The molecule has 2 heterocycles. The van der Waals surface area contributed by atoms with E-state index >= 15 is 0 Å². The molecule has 0 amide bonds. The van der Waals surface area contributed by atoms with Crippen LogP contribution in [0.1, 0.15) is 23.9 Å². The molecule has 2 aromatic heterocycles. The summed E-state index contributed by atoms with van der Waals surface area (Å²) in [6, 6.07) is 22.7. The fourth-order valence-electron chi connectivity index (χ4n) is 2.92. The highest BCUT2D eigenvalue weighted by molar-refractivity contribution is 5.85. The summed E-state index contributed by atoms with van der Waals surface area (Å²) in [6.07, 6.45) is 7.01. The summed E-state index contributed by atoms with van der Waals surface area (Å²) in [5.74, 6) is 1.75. The Hall–Kier alpha value is -2.91. The average Bonchev–Trinajstić information content (AvgIpc) is 3.06. The van der Waals surface area contributed by atoms with Crippen LogP contribution in [-0.2, 0) is 6.42 Å². The van der Waals surface area contributed by atoms with Crippen LogP contribution in [0.25, 0.3) is 29.0 Å². The molecule has 4 heteroatoms. The lowest BCUT2D eigenvalue weighted by Gasteiger charge is -2.05. The van der Waals surface area contributed by atoms with Crippen molar-refractivity contribution in [2.45, 2.75) is 13.3 Å². The molecular formula is C22H20ClN3. The summed E-state index contributed by atoms with van der Waals surface area (Å²) in [7, 11) is 0. The second-order valence-corrected chi connectivity index (χ2v) is 5.91. The van der Waals surface area contributed by atoms with Gasteiger partial charge in [0.05, 0.1) is 11.0 Å². The summed E-state index contributed by atoms with van der Waals surface area (Å²) >= 11 is 0. The molecule has 4 aromatic rings. The van der Waals surface area contributed by atoms with Gasteiger partial charge in [0.15, 0.2) is 0 Å². The average molecular weight is 362 g/mol. The first kappa shape index (κ1) is 17.9. The summed E-state index contributed by atoms with van der Waals surface area (Å²) in [6.45, 7) is 2.17. The number of pyridine rings is 1. The topological polar surface area (TPSA) is 30.7 Å². The second kappa shape index (κ2) is 7.98. The number of halogens is 1. The van der Waals surface area contributed by atoms with Gasteiger partial charge in [0.2, 0.25) is 0 Å². The fraction of sp³-hybridized carbons (Fsp3) is 0.0909. The van der Waals surface area contributed by atoms with E-state index in [1.54, 1.807) is 6.20 Å². The van der Waals surface area contributed by atoms with Crippen molar-refractivity contribution in [3.05, 3.63) is 89.9 Å². The van der Waals surface area contributed by atoms with Crippen LogP contribution in [0, 0.1) is 0 Å². The van der Waals surface area contributed by atoms with E-state index in [-0.39, 0.29) is 12.4 Å². The number of aromatic nitrogens is 3. The van der Waals surface area contributed by atoms with Crippen LogP contribution >= 0.6 is 12.4 Å². The van der Waals surface area contributed by atoms with Gasteiger partial charge in [-0.05, 0) is 47.9 Å². The standard InChI is InChI=1S/C22H19N3.ClH/c1-2-17-10-12-18(13-11-17)14-15-22-24-19-7-3-4-8-20(19)25(22)21-9-5-6-16-23-21;/h3-16H,2H2,1H3;1H/b15-14+;. The van der Waals surface area contributed by atoms with Gasteiger partial charge in [-0.1, -0.05) is 55.5 Å². The van der Waals surface area contributed by atoms with Crippen molar-refractivity contribution in [3.8, 4) is 5.82 Å². The molecule has 0 fully saturated rings. The Bertz CT molecular complexity index is 1020. The van der Waals surface area contributed by atoms with Crippen LogP contribution in [0.4, 0.5) is 0 Å². The molecule has 0 spiro atoms. The molecule has 0 bridgehead atoms. The van der Waals surface area contributed by atoms with Crippen LogP contribution < -0.4 is 0 Å². The SMILES string of the molecule is CCc1ccc(/C=C/c2nc3ccccc3n2-c2ccccn2)cc1.Cl. The first-order valence-electron chi connectivity index (χ1n) is 8.51. The molecule has 4 rings (SSSR count). The molecular weight excluding hydrogens is 342 g/mol. The Balaban J connectivity index is 0.00000196. The van der Waals surface area contributed by atoms with Crippen molar-refractivity contribution in [1.29, 1.82) is 0 Å². The van der Waals surface area contributed by atoms with Crippen molar-refractivity contribution >= 4 is 35.6 Å². The Morgan fingerprint density at radius 3 is 2.38 bits per heavy atom. The monoisotopic (exact) mass is 361 g/mol. The van der Waals surface area contributed by atoms with Gasteiger partial charge in [0, 0.05) is 6.20 Å². The van der Waals surface area contributed by atoms with Crippen LogP contribution in [-0.4, -0.2) is 14.5 Å². The molecule has 0 N–H and O–H groups in total. The Morgan fingerprint density at radius 2 is 1.65 bits per heavy atom. The molecule has 0 saturated carbocycles. The summed E-state index contributed by atoms with van der Waals surface area (Å²) in [5.41, 5.74) is 4.53. The summed E-state index contributed by atoms with van der Waals surface area (Å²) < 4.78 is 2.09. The minimum Gasteiger partial charge on any atom is -0.277 e. The number of nitrogens with zero attached hydrogens (tertiary/aromatic N) is 3. The number of aryl methyl sites for hydroxylation is 1. The maximum Gasteiger partial charge on any atom is 0.139 e. The number of benzene rings is 2. The molecule has 0 unspecified atom stereocenters. The van der Waals surface area contributed by atoms with E-state index in [0.717, 1.165) is 34.7 Å². The zero-order valence-electron chi connectivity index (χ0n) is 14.5. The Morgan fingerprint density at radius 1 is 0.885 bits per heavy atom. The van der Waals surface area contributed by atoms with Crippen molar-refractivity contribution in [2.24, 2.45) is 0 Å². The van der Waals surface area contributed by atoms with E-state index < -0.39 is 0 Å². The first-order chi connectivity index (χ1) is 12.3. The number of rotatable bonds is 4. The van der Waals surface area contributed by atoms with Crippen molar-refractivity contribution in [1.82, 2.24) is 14.5 Å². The largest absolute Gasteiger partial charge is 0.277 e. The van der Waals surface area contributed by atoms with Crippen LogP contribution in [0.2, 0.25) is 0 Å². The molecule has 0 radical (unpaired) electrons. The van der Waals surface area contributed by atoms with E-state index in [2.05, 4.69) is 59.0 Å². The minimum absolute atomic E-state index is 0. The van der Waals surface area contributed by atoms with Gasteiger partial charge < -0.3 is 0 Å². The van der Waals surface area contributed by atoms with Gasteiger partial charge >= 0.3 is 0 Å². The van der Waals surface area contributed by atoms with E-state index in [0.29, 0.717) is 0 Å². The first-order valence-corrected chi connectivity index (χ1v) is 8.51. The highest BCUT2D eigenvalue weighted by atomic mass is 35.5. The molecule has 0 aliphatic heterocycles. The fourth-order valence-corrected chi connectivity index (χ4v) is 2.92. The maximum atomic E-state index is 4.77. The van der Waals surface area contributed by atoms with Crippen molar-refractivity contribution in [2.75, 3.05) is 0 Å². The molecule has 0 saturated heterocycles. The number of fused-ring (bicyclic) bond motifs is 1. The number of hydrogen-bond donors (Lipinski definition) is 0. The highest BCUT2D eigenvalue weighted by Crippen LogP contribution is 2.21. The molecule has 0 aliphatic carbocycles. The molecule has 3 nitrogen and oxygen atoms in total. The van der Waals surface area contributed by atoms with E-state index in [9.17, 15) is 0 Å². The lowest BCUT2D eigenvalue weighted by atomic mass is 10.1. The van der Waals surface area contributed by atoms with Crippen LogP contribution in [0.15, 0.2) is 72.9 Å². The quantitative estimate of drug-likeness (QED) is 0.475. The van der Waals surface area contributed by atoms with Gasteiger partial charge in [-0.2, -0.15) is 0 Å². The lowest BCUT2D eigenvalue weighted by molar-refractivity contribution is 1.01. The highest BCUT2D eigenvalue weighted by Gasteiger charge is 2.10. The van der Waals surface area contributed by atoms with E-state index in [1.807, 2.05) is 36.4 Å². The third-order valence-corrected chi connectivity index (χ3v) is 4.28. The number of imidazole rings is 1. The van der Waals surface area contributed by atoms with Gasteiger partial charge in [-0.25, -0.2) is 9.97 Å². The van der Waals surface area contributed by atoms with Gasteiger partial charge in [0.25, 0.3) is 0 Å². The Labute approximate surface area is 159 Å². The van der Waals surface area contributed by atoms with Crippen molar-refractivity contribution < 1.29 is 0 Å². The maximum absolute atomic E-state index is 4.77. The van der Waals surface area contributed by atoms with Crippen LogP contribution in [0.3, 0.4) is 0 Å². The smallest absolute Gasteiger partial charge is 0.139 e.